The fourth-order valence-electron chi connectivity index (χ4n) is 2.11. The first-order valence-electron chi connectivity index (χ1n) is 6.89. The zero-order chi connectivity index (χ0) is 16.8. The van der Waals surface area contributed by atoms with E-state index in [0.29, 0.717) is 29.2 Å². The molecule has 0 fully saturated rings. The number of hydrogen-bond acceptors (Lipinski definition) is 2. The Balaban J connectivity index is 2.24. The summed E-state index contributed by atoms with van der Waals surface area (Å²) in [6.45, 7) is 4.53. The van der Waals surface area contributed by atoms with Crippen molar-refractivity contribution in [3.63, 3.8) is 0 Å². The second-order valence-corrected chi connectivity index (χ2v) is 6.23. The van der Waals surface area contributed by atoms with E-state index in [0.717, 1.165) is 10.0 Å². The van der Waals surface area contributed by atoms with Crippen molar-refractivity contribution in [2.24, 2.45) is 0 Å². The molecule has 1 amide bonds. The molecular formula is C18H14BrClN2O. The minimum Gasteiger partial charge on any atom is -0.331 e. The van der Waals surface area contributed by atoms with E-state index in [-0.39, 0.29) is 5.91 Å². The van der Waals surface area contributed by atoms with Gasteiger partial charge in [0.1, 0.15) is 0 Å². The number of rotatable bonds is 5. The van der Waals surface area contributed by atoms with Gasteiger partial charge in [-0.2, -0.15) is 5.26 Å². The van der Waals surface area contributed by atoms with Crippen molar-refractivity contribution in [2.45, 2.75) is 6.54 Å². The number of halogens is 2. The summed E-state index contributed by atoms with van der Waals surface area (Å²) < 4.78 is 0.821. The molecule has 0 aliphatic rings. The maximum atomic E-state index is 12.7. The first-order valence-corrected chi connectivity index (χ1v) is 8.06. The van der Waals surface area contributed by atoms with Crippen molar-refractivity contribution >= 4 is 33.4 Å². The predicted molar refractivity (Wildman–Crippen MR) is 95.2 cm³/mol. The van der Waals surface area contributed by atoms with Crippen molar-refractivity contribution in [3.8, 4) is 6.07 Å². The molecule has 0 N–H and O–H groups in total. The van der Waals surface area contributed by atoms with Crippen molar-refractivity contribution < 1.29 is 4.79 Å². The zero-order valence-electron chi connectivity index (χ0n) is 12.3. The van der Waals surface area contributed by atoms with Crippen LogP contribution in [0.15, 0.2) is 59.6 Å². The lowest BCUT2D eigenvalue weighted by Gasteiger charge is -2.22. The molecule has 0 saturated carbocycles. The van der Waals surface area contributed by atoms with Crippen molar-refractivity contribution in [2.75, 3.05) is 6.54 Å². The van der Waals surface area contributed by atoms with Gasteiger partial charge in [0.2, 0.25) is 0 Å². The van der Waals surface area contributed by atoms with Crippen LogP contribution in [0.25, 0.3) is 0 Å². The molecule has 2 rings (SSSR count). The quantitative estimate of drug-likeness (QED) is 0.689. The SMILES string of the molecule is C=CCN(Cc1ccc(C#N)cc1)C(=O)c1ccc(Br)cc1Cl. The summed E-state index contributed by atoms with van der Waals surface area (Å²) in [5.41, 5.74) is 1.98. The van der Waals surface area contributed by atoms with Crippen LogP contribution in [0.1, 0.15) is 21.5 Å². The molecule has 0 aliphatic heterocycles. The Hall–Kier alpha value is -2.09. The third kappa shape index (κ3) is 4.44. The van der Waals surface area contributed by atoms with Crippen molar-refractivity contribution in [3.05, 3.63) is 81.3 Å². The third-order valence-corrected chi connectivity index (χ3v) is 4.06. The van der Waals surface area contributed by atoms with Gasteiger partial charge in [0, 0.05) is 17.6 Å². The monoisotopic (exact) mass is 388 g/mol. The molecule has 116 valence electrons. The van der Waals surface area contributed by atoms with Gasteiger partial charge in [-0.3, -0.25) is 4.79 Å². The first kappa shape index (κ1) is 17.3. The molecular weight excluding hydrogens is 376 g/mol. The predicted octanol–water partition coefficient (Wildman–Crippen LogP) is 4.80. The van der Waals surface area contributed by atoms with Crippen LogP contribution >= 0.6 is 27.5 Å². The van der Waals surface area contributed by atoms with E-state index in [1.165, 1.54) is 0 Å². The van der Waals surface area contributed by atoms with Crippen molar-refractivity contribution in [1.29, 1.82) is 5.26 Å². The second-order valence-electron chi connectivity index (χ2n) is 4.91. The molecule has 0 aliphatic carbocycles. The van der Waals surface area contributed by atoms with Crippen LogP contribution in [0.4, 0.5) is 0 Å². The van der Waals surface area contributed by atoms with Crippen molar-refractivity contribution in [1.82, 2.24) is 4.90 Å². The van der Waals surface area contributed by atoms with Crippen LogP contribution in [0, 0.1) is 11.3 Å². The van der Waals surface area contributed by atoms with Crippen LogP contribution in [-0.2, 0) is 6.54 Å². The molecule has 0 atom stereocenters. The standard InChI is InChI=1S/C18H14BrClN2O/c1-2-9-22(12-14-5-3-13(11-21)4-6-14)18(23)16-8-7-15(19)10-17(16)20/h2-8,10H,1,9,12H2. The van der Waals surface area contributed by atoms with Crippen LogP contribution in [0.5, 0.6) is 0 Å². The van der Waals surface area contributed by atoms with E-state index < -0.39 is 0 Å². The molecule has 0 aromatic heterocycles. The number of carbonyl (C=O) groups is 1. The highest BCUT2D eigenvalue weighted by atomic mass is 79.9. The second kappa shape index (κ2) is 7.96. The number of nitriles is 1. The highest BCUT2D eigenvalue weighted by molar-refractivity contribution is 9.10. The molecule has 3 nitrogen and oxygen atoms in total. The minimum atomic E-state index is -0.160. The Morgan fingerprint density at radius 3 is 2.57 bits per heavy atom. The van der Waals surface area contributed by atoms with E-state index in [9.17, 15) is 4.79 Å². The Labute approximate surface area is 148 Å². The van der Waals surface area contributed by atoms with Gasteiger partial charge in [-0.1, -0.05) is 45.7 Å². The number of hydrogen-bond donors (Lipinski definition) is 0. The normalized spacial score (nSPS) is 9.96. The summed E-state index contributed by atoms with van der Waals surface area (Å²) >= 11 is 9.50. The molecule has 2 aromatic rings. The fraction of sp³-hybridized carbons (Fsp3) is 0.111. The van der Waals surface area contributed by atoms with E-state index in [2.05, 4.69) is 28.6 Å². The summed E-state index contributed by atoms with van der Waals surface area (Å²) in [5.74, 6) is -0.160. The third-order valence-electron chi connectivity index (χ3n) is 3.25. The highest BCUT2D eigenvalue weighted by Crippen LogP contribution is 2.23. The van der Waals surface area contributed by atoms with Gasteiger partial charge in [0.25, 0.3) is 5.91 Å². The molecule has 5 heteroatoms. The summed E-state index contributed by atoms with van der Waals surface area (Å²) in [5, 5.41) is 9.24. The summed E-state index contributed by atoms with van der Waals surface area (Å²) in [4.78, 5) is 14.4. The van der Waals surface area contributed by atoms with Crippen LogP contribution in [0.2, 0.25) is 5.02 Å². The lowest BCUT2D eigenvalue weighted by molar-refractivity contribution is 0.0763. The Kier molecular flexibility index (Phi) is 5.97. The van der Waals surface area contributed by atoms with Crippen LogP contribution in [0.3, 0.4) is 0 Å². The van der Waals surface area contributed by atoms with E-state index in [1.54, 1.807) is 41.3 Å². The molecule has 0 saturated heterocycles. The first-order chi connectivity index (χ1) is 11.0. The van der Waals surface area contributed by atoms with E-state index in [4.69, 9.17) is 16.9 Å². The van der Waals surface area contributed by atoms with E-state index >= 15 is 0 Å². The zero-order valence-corrected chi connectivity index (χ0v) is 14.6. The number of carbonyl (C=O) groups excluding carboxylic acids is 1. The van der Waals surface area contributed by atoms with Crippen LogP contribution in [-0.4, -0.2) is 17.4 Å². The smallest absolute Gasteiger partial charge is 0.255 e. The molecule has 0 bridgehead atoms. The Morgan fingerprint density at radius 1 is 1.30 bits per heavy atom. The van der Waals surface area contributed by atoms with Gasteiger partial charge in [-0.05, 0) is 35.9 Å². The number of amides is 1. The molecule has 23 heavy (non-hydrogen) atoms. The number of benzene rings is 2. The molecule has 0 heterocycles. The van der Waals surface area contributed by atoms with E-state index in [1.807, 2.05) is 12.1 Å². The van der Waals surface area contributed by atoms with Gasteiger partial charge < -0.3 is 4.90 Å². The summed E-state index contributed by atoms with van der Waals surface area (Å²) in [6.07, 6.45) is 1.67. The van der Waals surface area contributed by atoms with Gasteiger partial charge >= 0.3 is 0 Å². The van der Waals surface area contributed by atoms with Gasteiger partial charge in [-0.25, -0.2) is 0 Å². The molecule has 0 unspecified atom stereocenters. The Bertz CT molecular complexity index is 766. The summed E-state index contributed by atoms with van der Waals surface area (Å²) in [7, 11) is 0. The average Bonchev–Trinajstić information content (AvgIpc) is 2.54. The summed E-state index contributed by atoms with van der Waals surface area (Å²) in [6, 6.07) is 14.4. The fourth-order valence-corrected chi connectivity index (χ4v) is 2.87. The maximum absolute atomic E-state index is 12.7. The molecule has 0 spiro atoms. The molecule has 2 aromatic carbocycles. The maximum Gasteiger partial charge on any atom is 0.255 e. The number of nitrogens with zero attached hydrogens (tertiary/aromatic N) is 2. The lowest BCUT2D eigenvalue weighted by Crippen LogP contribution is -2.30. The average molecular weight is 390 g/mol. The molecule has 0 radical (unpaired) electrons. The van der Waals surface area contributed by atoms with Crippen LogP contribution < -0.4 is 0 Å². The van der Waals surface area contributed by atoms with Gasteiger partial charge in [-0.15, -0.1) is 6.58 Å². The Morgan fingerprint density at radius 2 is 2.00 bits per heavy atom. The highest BCUT2D eigenvalue weighted by Gasteiger charge is 2.18. The minimum absolute atomic E-state index is 0.160. The van der Waals surface area contributed by atoms with Gasteiger partial charge in [0.05, 0.1) is 22.2 Å². The lowest BCUT2D eigenvalue weighted by atomic mass is 10.1. The topological polar surface area (TPSA) is 44.1 Å². The van der Waals surface area contributed by atoms with Gasteiger partial charge in [0.15, 0.2) is 0 Å². The largest absolute Gasteiger partial charge is 0.331 e.